The number of benzene rings is 2. The number of nitrogens with one attached hydrogen (secondary N) is 3. The predicted molar refractivity (Wildman–Crippen MR) is 144 cm³/mol. The van der Waals surface area contributed by atoms with E-state index in [9.17, 15) is 13.6 Å². The molecule has 2 aromatic heterocycles. The Bertz CT molecular complexity index is 1570. The van der Waals surface area contributed by atoms with Gasteiger partial charge in [-0.15, -0.1) is 0 Å². The smallest absolute Gasteiger partial charge is 0.410 e. The van der Waals surface area contributed by atoms with Gasteiger partial charge >= 0.3 is 6.09 Å². The molecule has 11 heteroatoms. The van der Waals surface area contributed by atoms with Crippen LogP contribution >= 0.6 is 0 Å². The van der Waals surface area contributed by atoms with Gasteiger partial charge in [-0.1, -0.05) is 24.3 Å². The van der Waals surface area contributed by atoms with Crippen molar-refractivity contribution in [3.63, 3.8) is 0 Å². The number of H-pyrrole nitrogens is 1. The van der Waals surface area contributed by atoms with Crippen molar-refractivity contribution in [2.24, 2.45) is 0 Å². The van der Waals surface area contributed by atoms with Gasteiger partial charge in [0.1, 0.15) is 11.9 Å². The number of rotatable bonds is 5. The van der Waals surface area contributed by atoms with Crippen LogP contribution in [0.3, 0.4) is 0 Å². The van der Waals surface area contributed by atoms with Crippen LogP contribution in [-0.2, 0) is 30.8 Å². The summed E-state index contributed by atoms with van der Waals surface area (Å²) in [5.74, 6) is -1.31. The fourth-order valence-corrected chi connectivity index (χ4v) is 5.45. The second kappa shape index (κ2) is 9.67. The molecular formula is C29H27F2N7O2. The van der Waals surface area contributed by atoms with Gasteiger partial charge in [-0.3, -0.25) is 5.10 Å². The Morgan fingerprint density at radius 1 is 1.02 bits per heavy atom. The van der Waals surface area contributed by atoms with Gasteiger partial charge in [0.25, 0.3) is 5.92 Å². The highest BCUT2D eigenvalue weighted by Crippen LogP contribution is 2.40. The van der Waals surface area contributed by atoms with Crippen molar-refractivity contribution in [3.8, 4) is 22.5 Å². The largest absolute Gasteiger partial charge is 0.446 e. The molecule has 0 saturated heterocycles. The monoisotopic (exact) mass is 543 g/mol. The summed E-state index contributed by atoms with van der Waals surface area (Å²) in [5.41, 5.74) is 8.06. The number of fused-ring (bicyclic) bond motifs is 2. The average Bonchev–Trinajstić information content (AvgIpc) is 3.65. The molecule has 1 aliphatic carbocycles. The molecule has 1 fully saturated rings. The number of nitrogens with zero attached hydrogens (tertiary/aromatic N) is 4. The maximum absolute atomic E-state index is 13.1. The van der Waals surface area contributed by atoms with Crippen LogP contribution in [0, 0.1) is 0 Å². The Morgan fingerprint density at radius 2 is 1.85 bits per heavy atom. The van der Waals surface area contributed by atoms with Crippen LogP contribution in [-0.4, -0.2) is 49.7 Å². The molecule has 9 nitrogen and oxygen atoms in total. The highest BCUT2D eigenvalue weighted by molar-refractivity contribution is 5.71. The van der Waals surface area contributed by atoms with Crippen molar-refractivity contribution < 1.29 is 18.3 Å². The van der Waals surface area contributed by atoms with Crippen LogP contribution in [0.1, 0.15) is 35.2 Å². The summed E-state index contributed by atoms with van der Waals surface area (Å²) in [4.78, 5) is 23.9. The number of alkyl halides is 2. The van der Waals surface area contributed by atoms with Crippen molar-refractivity contribution in [1.29, 1.82) is 0 Å². The van der Waals surface area contributed by atoms with Gasteiger partial charge in [0.2, 0.25) is 0 Å². The van der Waals surface area contributed by atoms with Crippen molar-refractivity contribution in [1.82, 2.24) is 30.4 Å². The average molecular weight is 544 g/mol. The fraction of sp³-hybridized carbons (Fsp3) is 0.310. The number of hydrogen-bond acceptors (Lipinski definition) is 7. The molecule has 7 rings (SSSR count). The number of aromatic amines is 1. The fourth-order valence-electron chi connectivity index (χ4n) is 5.45. The second-order valence-corrected chi connectivity index (χ2v) is 10.5. The van der Waals surface area contributed by atoms with Crippen LogP contribution in [0.5, 0.6) is 0 Å². The molecule has 3 N–H and O–H groups in total. The first-order valence-electron chi connectivity index (χ1n) is 13.3. The first-order chi connectivity index (χ1) is 19.4. The summed E-state index contributed by atoms with van der Waals surface area (Å²) >= 11 is 0. The maximum Gasteiger partial charge on any atom is 0.410 e. The first-order valence-corrected chi connectivity index (χ1v) is 13.3. The topological polar surface area (TPSA) is 108 Å². The quantitative estimate of drug-likeness (QED) is 0.319. The number of anilines is 2. The van der Waals surface area contributed by atoms with E-state index in [1.807, 2.05) is 42.6 Å². The molecule has 4 aromatic rings. The third-order valence-electron chi connectivity index (χ3n) is 7.72. The first kappa shape index (κ1) is 24.6. The van der Waals surface area contributed by atoms with E-state index >= 15 is 0 Å². The molecule has 204 valence electrons. The molecular weight excluding hydrogens is 516 g/mol. The predicted octanol–water partition coefficient (Wildman–Crippen LogP) is 5.17. The number of halogens is 2. The molecule has 40 heavy (non-hydrogen) atoms. The lowest BCUT2D eigenvalue weighted by molar-refractivity contribution is -0.148. The zero-order valence-electron chi connectivity index (χ0n) is 21.6. The summed E-state index contributed by atoms with van der Waals surface area (Å²) < 4.78 is 31.5. The number of hydrogen-bond donors (Lipinski definition) is 3. The lowest BCUT2D eigenvalue weighted by Gasteiger charge is -2.36. The van der Waals surface area contributed by atoms with Gasteiger partial charge in [0.15, 0.2) is 5.82 Å². The summed E-state index contributed by atoms with van der Waals surface area (Å²) in [6.07, 6.45) is 2.27. The Hall–Kier alpha value is -4.38. The van der Waals surface area contributed by atoms with Crippen LogP contribution in [0.4, 0.5) is 25.1 Å². The normalized spacial score (nSPS) is 17.6. The standard InChI is InChI=1S/C29H27F2N7O2/c30-29(31)10-23(11-29)40-28(39)38-8-7-18-9-19(1-2-20(18)16-38)26-36-25-15-32-14-24(25)27(37-26)35-22-5-3-17(4-6-22)21-12-33-34-13-21/h1-6,9,12-13,23,32H,7-8,10-11,14-16H2,(H,33,34)(H,35,36,37). The highest BCUT2D eigenvalue weighted by Gasteiger charge is 2.48. The SMILES string of the molecule is O=C(OC1CC(F)(F)C1)N1CCc2cc(-c3nc4c(c(Nc5ccc(-c6cn[nH]c6)cc5)n3)CNC4)ccc2C1. The Morgan fingerprint density at radius 3 is 2.62 bits per heavy atom. The van der Waals surface area contributed by atoms with Gasteiger partial charge in [-0.25, -0.2) is 23.5 Å². The van der Waals surface area contributed by atoms with Crippen LogP contribution in [0.2, 0.25) is 0 Å². The minimum Gasteiger partial charge on any atom is -0.446 e. The third-order valence-corrected chi connectivity index (χ3v) is 7.72. The number of ether oxygens (including phenoxy) is 1. The van der Waals surface area contributed by atoms with Crippen molar-refractivity contribution >= 4 is 17.6 Å². The highest BCUT2D eigenvalue weighted by atomic mass is 19.3. The zero-order chi connectivity index (χ0) is 27.3. The van der Waals surface area contributed by atoms with Gasteiger partial charge in [-0.2, -0.15) is 5.10 Å². The van der Waals surface area contributed by atoms with Crippen molar-refractivity contribution in [2.45, 2.75) is 50.9 Å². The molecule has 0 radical (unpaired) electrons. The van der Waals surface area contributed by atoms with E-state index in [1.54, 1.807) is 11.1 Å². The van der Waals surface area contributed by atoms with E-state index < -0.39 is 31.0 Å². The van der Waals surface area contributed by atoms with E-state index in [0.29, 0.717) is 38.4 Å². The number of aromatic nitrogens is 4. The molecule has 0 spiro atoms. The summed E-state index contributed by atoms with van der Waals surface area (Å²) in [6, 6.07) is 14.1. The molecule has 0 bridgehead atoms. The molecule has 4 heterocycles. The van der Waals surface area contributed by atoms with Gasteiger partial charge in [0, 0.05) is 67.6 Å². The third kappa shape index (κ3) is 4.77. The van der Waals surface area contributed by atoms with Gasteiger partial charge in [-0.05, 0) is 41.3 Å². The molecule has 3 aliphatic rings. The number of amides is 1. The van der Waals surface area contributed by atoms with Crippen LogP contribution < -0.4 is 10.6 Å². The van der Waals surface area contributed by atoms with Gasteiger partial charge < -0.3 is 20.3 Å². The molecule has 1 amide bonds. The van der Waals surface area contributed by atoms with Crippen LogP contribution in [0.15, 0.2) is 54.9 Å². The molecule has 0 unspecified atom stereocenters. The van der Waals surface area contributed by atoms with E-state index in [0.717, 1.165) is 50.6 Å². The number of carbonyl (C=O) groups excluding carboxylic acids is 1. The van der Waals surface area contributed by atoms with E-state index in [2.05, 4.69) is 26.9 Å². The van der Waals surface area contributed by atoms with E-state index in [-0.39, 0.29) is 0 Å². The maximum atomic E-state index is 13.1. The second-order valence-electron chi connectivity index (χ2n) is 10.5. The Labute approximate surface area is 229 Å². The number of carbonyl (C=O) groups is 1. The van der Waals surface area contributed by atoms with Gasteiger partial charge in [0.05, 0.1) is 11.9 Å². The van der Waals surface area contributed by atoms with Crippen LogP contribution in [0.25, 0.3) is 22.5 Å². The summed E-state index contributed by atoms with van der Waals surface area (Å²) in [5, 5.41) is 13.7. The van der Waals surface area contributed by atoms with Crippen molar-refractivity contribution in [2.75, 3.05) is 11.9 Å². The summed E-state index contributed by atoms with van der Waals surface area (Å²) in [7, 11) is 0. The lowest BCUT2D eigenvalue weighted by Crippen LogP contribution is -2.46. The van der Waals surface area contributed by atoms with Crippen molar-refractivity contribution in [3.05, 3.63) is 77.2 Å². The molecule has 1 saturated carbocycles. The molecule has 2 aliphatic heterocycles. The molecule has 0 atom stereocenters. The lowest BCUT2D eigenvalue weighted by atomic mass is 9.91. The molecule has 2 aromatic carbocycles. The summed E-state index contributed by atoms with van der Waals surface area (Å²) in [6.45, 7) is 2.22. The van der Waals surface area contributed by atoms with E-state index in [1.165, 1.54) is 0 Å². The Balaban J connectivity index is 1.09. The minimum absolute atomic E-state index is 0.383. The van der Waals surface area contributed by atoms with E-state index in [4.69, 9.17) is 14.7 Å². The Kier molecular flexibility index (Phi) is 5.96. The zero-order valence-corrected chi connectivity index (χ0v) is 21.6. The minimum atomic E-state index is -2.72.